The second kappa shape index (κ2) is 21.1. The Morgan fingerprint density at radius 1 is 0.780 bits per heavy atom. The van der Waals surface area contributed by atoms with Gasteiger partial charge in [-0.05, 0) is 115 Å². The van der Waals surface area contributed by atoms with Crippen molar-refractivity contribution in [1.82, 2.24) is 15.1 Å². The van der Waals surface area contributed by atoms with Crippen LogP contribution in [0.4, 0.5) is 13.2 Å². The van der Waals surface area contributed by atoms with E-state index >= 15 is 0 Å². The highest BCUT2D eigenvalue weighted by Gasteiger charge is 2.38. The number of primary sulfonamides is 1. The van der Waals surface area contributed by atoms with Gasteiger partial charge in [0.15, 0.2) is 0 Å². The number of rotatable bonds is 13. The summed E-state index contributed by atoms with van der Waals surface area (Å²) in [5, 5.41) is 15.9. The molecule has 0 aliphatic carbocycles. The maximum Gasteiger partial charge on any atom is 0.490 e. The normalized spacial score (nSPS) is 15.4. The average Bonchev–Trinajstić information content (AvgIpc) is 3.23. The Morgan fingerprint density at radius 3 is 1.97 bits per heavy atom. The van der Waals surface area contributed by atoms with Crippen molar-refractivity contribution in [3.05, 3.63) is 131 Å². The smallest absolute Gasteiger partial charge is 0.475 e. The third kappa shape index (κ3) is 14.2. The summed E-state index contributed by atoms with van der Waals surface area (Å²) in [5.41, 5.74) is 5.22. The molecule has 0 radical (unpaired) electrons. The van der Waals surface area contributed by atoms with Crippen LogP contribution in [-0.4, -0.2) is 73.5 Å². The maximum absolute atomic E-state index is 13.6. The number of likely N-dealkylation sites (tertiary alicyclic amines) is 1. The number of halogens is 3. The van der Waals surface area contributed by atoms with Gasteiger partial charge in [0.1, 0.15) is 0 Å². The van der Waals surface area contributed by atoms with Gasteiger partial charge in [0, 0.05) is 37.8 Å². The SMILES string of the molecule is NS(=O)(=O)c1ccc(CN(Cc2cccc(-c3cccc(C(=O)N4CCC(CCCC5CCNCC5)CC4)c3)c2)C(=O)C=Cc2ccccc2)cc1.O=C(O)C(F)(F)F. The van der Waals surface area contributed by atoms with Crippen molar-refractivity contribution >= 4 is 33.9 Å². The maximum atomic E-state index is 13.6. The number of carboxylic acids is 1. The fraction of sp³-hybridized carbons (Fsp3) is 0.356. The number of amides is 2. The first kappa shape index (κ1) is 44.8. The van der Waals surface area contributed by atoms with Crippen LogP contribution >= 0.6 is 0 Å². The van der Waals surface area contributed by atoms with Crippen molar-refractivity contribution in [2.45, 2.75) is 69.1 Å². The number of carbonyl (C=O) groups excluding carboxylic acids is 2. The predicted molar refractivity (Wildman–Crippen MR) is 221 cm³/mol. The van der Waals surface area contributed by atoms with E-state index in [-0.39, 0.29) is 23.3 Å². The molecule has 314 valence electrons. The molecule has 2 aliphatic rings. The average molecular weight is 833 g/mol. The van der Waals surface area contributed by atoms with Crippen LogP contribution in [0, 0.1) is 11.8 Å². The summed E-state index contributed by atoms with van der Waals surface area (Å²) in [7, 11) is -3.82. The van der Waals surface area contributed by atoms with Gasteiger partial charge in [-0.1, -0.05) is 92.1 Å². The number of carbonyl (C=O) groups is 3. The lowest BCUT2D eigenvalue weighted by Crippen LogP contribution is -2.38. The molecule has 59 heavy (non-hydrogen) atoms. The molecule has 10 nitrogen and oxygen atoms in total. The molecule has 0 bridgehead atoms. The number of hydrogen-bond acceptors (Lipinski definition) is 6. The second-order valence-corrected chi connectivity index (χ2v) is 16.6. The van der Waals surface area contributed by atoms with Gasteiger partial charge in [-0.2, -0.15) is 13.2 Å². The number of nitrogens with two attached hydrogens (primary N) is 1. The third-order valence-electron chi connectivity index (χ3n) is 10.7. The number of alkyl halides is 3. The zero-order valence-corrected chi connectivity index (χ0v) is 33.6. The molecular weight excluding hydrogens is 782 g/mol. The number of benzene rings is 4. The molecule has 2 heterocycles. The fourth-order valence-electron chi connectivity index (χ4n) is 7.43. The number of aliphatic carboxylic acids is 1. The first-order chi connectivity index (χ1) is 28.2. The molecule has 0 unspecified atom stereocenters. The van der Waals surface area contributed by atoms with E-state index in [9.17, 15) is 31.2 Å². The number of nitrogens with zero attached hydrogens (tertiary/aromatic N) is 2. The number of nitrogens with one attached hydrogen (secondary N) is 1. The molecule has 6 rings (SSSR count). The molecule has 0 atom stereocenters. The molecule has 0 spiro atoms. The van der Waals surface area contributed by atoms with Crippen molar-refractivity contribution in [2.24, 2.45) is 17.0 Å². The van der Waals surface area contributed by atoms with Gasteiger partial charge in [0.2, 0.25) is 15.9 Å². The summed E-state index contributed by atoms with van der Waals surface area (Å²) in [6.45, 7) is 4.54. The van der Waals surface area contributed by atoms with E-state index in [0.717, 1.165) is 72.8 Å². The van der Waals surface area contributed by atoms with Gasteiger partial charge in [0.05, 0.1) is 4.90 Å². The molecule has 2 amide bonds. The lowest BCUT2D eigenvalue weighted by atomic mass is 9.87. The quantitative estimate of drug-likeness (QED) is 0.116. The lowest BCUT2D eigenvalue weighted by molar-refractivity contribution is -0.192. The summed E-state index contributed by atoms with van der Waals surface area (Å²) >= 11 is 0. The minimum atomic E-state index is -5.08. The first-order valence-electron chi connectivity index (χ1n) is 19.8. The number of hydrogen-bond donors (Lipinski definition) is 3. The van der Waals surface area contributed by atoms with E-state index in [2.05, 4.69) is 11.4 Å². The van der Waals surface area contributed by atoms with Gasteiger partial charge in [0.25, 0.3) is 5.91 Å². The van der Waals surface area contributed by atoms with Gasteiger partial charge in [-0.15, -0.1) is 0 Å². The lowest BCUT2D eigenvalue weighted by Gasteiger charge is -2.32. The van der Waals surface area contributed by atoms with Crippen molar-refractivity contribution in [3.63, 3.8) is 0 Å². The molecule has 0 saturated carbocycles. The molecule has 4 aromatic carbocycles. The minimum Gasteiger partial charge on any atom is -0.475 e. The van der Waals surface area contributed by atoms with E-state index in [4.69, 9.17) is 15.0 Å². The Morgan fingerprint density at radius 2 is 1.36 bits per heavy atom. The van der Waals surface area contributed by atoms with E-state index in [1.54, 1.807) is 29.2 Å². The molecule has 2 fully saturated rings. The summed E-state index contributed by atoms with van der Waals surface area (Å²) in [5.74, 6) is -1.26. The Balaban J connectivity index is 0.000000867. The highest BCUT2D eigenvalue weighted by molar-refractivity contribution is 7.89. The molecule has 4 aromatic rings. The number of piperidine rings is 2. The molecule has 2 saturated heterocycles. The summed E-state index contributed by atoms with van der Waals surface area (Å²) in [6, 6.07) is 31.8. The van der Waals surface area contributed by atoms with Crippen LogP contribution in [0.25, 0.3) is 17.2 Å². The van der Waals surface area contributed by atoms with Crippen LogP contribution in [-0.2, 0) is 32.7 Å². The summed E-state index contributed by atoms with van der Waals surface area (Å²) < 4.78 is 55.3. The van der Waals surface area contributed by atoms with Crippen molar-refractivity contribution in [1.29, 1.82) is 0 Å². The topological polar surface area (TPSA) is 150 Å². The van der Waals surface area contributed by atoms with Crippen LogP contribution in [0.2, 0.25) is 0 Å². The van der Waals surface area contributed by atoms with Crippen molar-refractivity contribution in [3.8, 4) is 11.1 Å². The Bertz CT molecular complexity index is 2150. The highest BCUT2D eigenvalue weighted by Crippen LogP contribution is 2.28. The highest BCUT2D eigenvalue weighted by atomic mass is 32.2. The number of sulfonamides is 1. The van der Waals surface area contributed by atoms with Gasteiger partial charge in [-0.25, -0.2) is 18.4 Å². The predicted octanol–water partition coefficient (Wildman–Crippen LogP) is 7.90. The van der Waals surface area contributed by atoms with E-state index in [1.165, 1.54) is 44.2 Å². The van der Waals surface area contributed by atoms with Gasteiger partial charge < -0.3 is 20.2 Å². The molecular formula is C45H51F3N4O6S. The van der Waals surface area contributed by atoms with Crippen LogP contribution in [0.3, 0.4) is 0 Å². The third-order valence-corrected chi connectivity index (χ3v) is 11.7. The first-order valence-corrected chi connectivity index (χ1v) is 21.3. The van der Waals surface area contributed by atoms with Gasteiger partial charge in [-0.3, -0.25) is 9.59 Å². The molecule has 4 N–H and O–H groups in total. The van der Waals surface area contributed by atoms with Crippen LogP contribution in [0.1, 0.15) is 72.0 Å². The standard InChI is InChI=1S/C43H50N4O4S.C2HF3O2/c44-52(50,51)41-18-15-36(16-19-41)31-47(42(48)20-17-33-7-2-1-3-8-33)32-37-11-5-12-38(29-37)39-13-6-14-40(30-39)43(49)46-27-23-35(24-28-46)10-4-9-34-21-25-45-26-22-34;3-2(4,5)1(6)7/h1-3,5-8,11-20,29-30,34-35,45H,4,9-10,21-28,31-32H2,(H2,44,50,51);(H,6,7). The minimum absolute atomic E-state index is 0.0225. The van der Waals surface area contributed by atoms with E-state index in [0.29, 0.717) is 18.0 Å². The summed E-state index contributed by atoms with van der Waals surface area (Å²) in [6.07, 6.45) is 6.95. The molecule has 2 aliphatic heterocycles. The Kier molecular flexibility index (Phi) is 16.0. The van der Waals surface area contributed by atoms with Crippen molar-refractivity contribution in [2.75, 3.05) is 26.2 Å². The monoisotopic (exact) mass is 832 g/mol. The Hall–Kier alpha value is -5.31. The fourth-order valence-corrected chi connectivity index (χ4v) is 7.94. The zero-order chi connectivity index (χ0) is 42.4. The second-order valence-electron chi connectivity index (χ2n) is 15.1. The Labute approximate surface area is 344 Å². The van der Waals surface area contributed by atoms with Crippen LogP contribution < -0.4 is 10.5 Å². The zero-order valence-electron chi connectivity index (χ0n) is 32.8. The molecule has 0 aromatic heterocycles. The summed E-state index contributed by atoms with van der Waals surface area (Å²) in [4.78, 5) is 39.9. The van der Waals surface area contributed by atoms with E-state index < -0.39 is 22.2 Å². The van der Waals surface area contributed by atoms with Crippen molar-refractivity contribution < 1.29 is 41.1 Å². The molecule has 14 heteroatoms. The largest absolute Gasteiger partial charge is 0.490 e. The van der Waals surface area contributed by atoms with Crippen LogP contribution in [0.15, 0.2) is 114 Å². The number of carboxylic acid groups (broad SMARTS) is 1. The van der Waals surface area contributed by atoms with E-state index in [1.807, 2.05) is 77.7 Å². The van der Waals surface area contributed by atoms with Crippen LogP contribution in [0.5, 0.6) is 0 Å². The van der Waals surface area contributed by atoms with Gasteiger partial charge >= 0.3 is 12.1 Å².